The second-order valence-corrected chi connectivity index (χ2v) is 3.65. The highest BCUT2D eigenvalue weighted by atomic mass is 19.4. The largest absolute Gasteiger partial charge is 0.414 e. The summed E-state index contributed by atoms with van der Waals surface area (Å²) in [5.74, 6) is 0. The van der Waals surface area contributed by atoms with Gasteiger partial charge < -0.3 is 10.5 Å². The van der Waals surface area contributed by atoms with Gasteiger partial charge in [-0.1, -0.05) is 12.8 Å². The van der Waals surface area contributed by atoms with Gasteiger partial charge in [0, 0.05) is 0 Å². The highest BCUT2D eigenvalue weighted by Gasteiger charge is 2.41. The minimum Gasteiger partial charge on any atom is -0.366 e. The summed E-state index contributed by atoms with van der Waals surface area (Å²) in [6.45, 7) is 0.0108. The van der Waals surface area contributed by atoms with Crippen molar-refractivity contribution in [2.75, 3.05) is 6.54 Å². The second kappa shape index (κ2) is 4.98. The van der Waals surface area contributed by atoms with E-state index in [1.807, 2.05) is 0 Å². The van der Waals surface area contributed by atoms with E-state index in [4.69, 9.17) is 10.5 Å². The van der Waals surface area contributed by atoms with E-state index < -0.39 is 12.3 Å². The molecule has 1 aliphatic carbocycles. The number of hydrogen-bond acceptors (Lipinski definition) is 2. The van der Waals surface area contributed by atoms with Crippen LogP contribution in [0, 0.1) is 0 Å². The van der Waals surface area contributed by atoms with Gasteiger partial charge in [-0.05, 0) is 25.8 Å². The molecule has 1 aliphatic rings. The maximum atomic E-state index is 12.4. The third-order valence-corrected chi connectivity index (χ3v) is 2.45. The third kappa shape index (κ3) is 3.46. The molecular weight excluding hydrogens is 195 g/mol. The van der Waals surface area contributed by atoms with Crippen molar-refractivity contribution in [3.05, 3.63) is 0 Å². The van der Waals surface area contributed by atoms with Crippen molar-refractivity contribution in [1.29, 1.82) is 0 Å². The first-order valence-corrected chi connectivity index (χ1v) is 4.96. The summed E-state index contributed by atoms with van der Waals surface area (Å²) in [4.78, 5) is 0. The second-order valence-electron chi connectivity index (χ2n) is 3.65. The van der Waals surface area contributed by atoms with E-state index >= 15 is 0 Å². The first-order chi connectivity index (χ1) is 6.54. The molecule has 1 saturated carbocycles. The summed E-state index contributed by atoms with van der Waals surface area (Å²) in [5.41, 5.74) is 5.12. The number of halogens is 3. The molecular formula is C9H16F3NO. The minimum atomic E-state index is -4.28. The SMILES string of the molecule is NCCC(OC1CCCC1)C(F)(F)F. The van der Waals surface area contributed by atoms with Crippen LogP contribution in [0.15, 0.2) is 0 Å². The molecule has 1 fully saturated rings. The third-order valence-electron chi connectivity index (χ3n) is 2.45. The van der Waals surface area contributed by atoms with Crippen LogP contribution in [0.4, 0.5) is 13.2 Å². The molecule has 1 atom stereocenters. The predicted molar refractivity (Wildman–Crippen MR) is 46.9 cm³/mol. The zero-order valence-corrected chi connectivity index (χ0v) is 8.02. The highest BCUT2D eigenvalue weighted by molar-refractivity contribution is 4.74. The number of nitrogens with two attached hydrogens (primary N) is 1. The van der Waals surface area contributed by atoms with Crippen LogP contribution in [-0.4, -0.2) is 24.9 Å². The fourth-order valence-corrected chi connectivity index (χ4v) is 1.72. The Kier molecular flexibility index (Phi) is 4.19. The van der Waals surface area contributed by atoms with Crippen LogP contribution in [0.3, 0.4) is 0 Å². The predicted octanol–water partition coefficient (Wildman–Crippen LogP) is 2.23. The lowest BCUT2D eigenvalue weighted by Gasteiger charge is -2.23. The molecule has 0 bridgehead atoms. The van der Waals surface area contributed by atoms with E-state index in [9.17, 15) is 13.2 Å². The molecule has 0 amide bonds. The van der Waals surface area contributed by atoms with Gasteiger partial charge in [0.15, 0.2) is 6.10 Å². The molecule has 0 aromatic carbocycles. The van der Waals surface area contributed by atoms with Crippen LogP contribution in [0.5, 0.6) is 0 Å². The Balaban J connectivity index is 2.41. The van der Waals surface area contributed by atoms with E-state index in [1.165, 1.54) is 0 Å². The zero-order valence-electron chi connectivity index (χ0n) is 8.02. The van der Waals surface area contributed by atoms with Gasteiger partial charge in [-0.3, -0.25) is 0 Å². The lowest BCUT2D eigenvalue weighted by molar-refractivity contribution is -0.233. The maximum absolute atomic E-state index is 12.4. The standard InChI is InChI=1S/C9H16F3NO/c10-9(11,12)8(5-6-13)14-7-3-1-2-4-7/h7-8H,1-6,13H2. The monoisotopic (exact) mass is 211 g/mol. The molecule has 0 aromatic rings. The molecule has 0 aliphatic heterocycles. The van der Waals surface area contributed by atoms with Gasteiger partial charge in [-0.2, -0.15) is 13.2 Å². The van der Waals surface area contributed by atoms with Crippen molar-refractivity contribution in [3.8, 4) is 0 Å². The fraction of sp³-hybridized carbons (Fsp3) is 1.00. The van der Waals surface area contributed by atoms with E-state index in [2.05, 4.69) is 0 Å². The first-order valence-electron chi connectivity index (χ1n) is 4.96. The van der Waals surface area contributed by atoms with Gasteiger partial charge in [-0.15, -0.1) is 0 Å². The lowest BCUT2D eigenvalue weighted by Crippen LogP contribution is -2.36. The molecule has 1 rings (SSSR count). The van der Waals surface area contributed by atoms with Crippen molar-refractivity contribution in [2.45, 2.75) is 50.5 Å². The Hall–Kier alpha value is -0.290. The Morgan fingerprint density at radius 1 is 1.29 bits per heavy atom. The van der Waals surface area contributed by atoms with Crippen molar-refractivity contribution in [1.82, 2.24) is 0 Å². The normalized spacial score (nSPS) is 21.4. The Labute approximate surface area is 81.6 Å². The first kappa shape index (κ1) is 11.8. The summed E-state index contributed by atoms with van der Waals surface area (Å²) in [6, 6.07) is 0. The molecule has 0 saturated heterocycles. The fourth-order valence-electron chi connectivity index (χ4n) is 1.72. The highest BCUT2D eigenvalue weighted by Crippen LogP contribution is 2.30. The van der Waals surface area contributed by atoms with E-state index in [0.717, 1.165) is 25.7 Å². The van der Waals surface area contributed by atoms with Crippen molar-refractivity contribution in [2.24, 2.45) is 5.73 Å². The summed E-state index contributed by atoms with van der Waals surface area (Å²) < 4.78 is 42.2. The van der Waals surface area contributed by atoms with Crippen LogP contribution < -0.4 is 5.73 Å². The van der Waals surface area contributed by atoms with Gasteiger partial charge in [-0.25, -0.2) is 0 Å². The molecule has 84 valence electrons. The van der Waals surface area contributed by atoms with Crippen LogP contribution in [-0.2, 0) is 4.74 Å². The molecule has 2 N–H and O–H groups in total. The molecule has 5 heteroatoms. The summed E-state index contributed by atoms with van der Waals surface area (Å²) >= 11 is 0. The molecule has 0 aromatic heterocycles. The average Bonchev–Trinajstić information content (AvgIpc) is 2.54. The molecule has 2 nitrogen and oxygen atoms in total. The van der Waals surface area contributed by atoms with Crippen molar-refractivity contribution >= 4 is 0 Å². The Morgan fingerprint density at radius 3 is 2.29 bits per heavy atom. The van der Waals surface area contributed by atoms with Gasteiger partial charge >= 0.3 is 6.18 Å². The van der Waals surface area contributed by atoms with E-state index in [1.54, 1.807) is 0 Å². The van der Waals surface area contributed by atoms with Crippen LogP contribution in [0.25, 0.3) is 0 Å². The summed E-state index contributed by atoms with van der Waals surface area (Å²) in [7, 11) is 0. The Bertz CT molecular complexity index is 166. The average molecular weight is 211 g/mol. The number of ether oxygens (including phenoxy) is 1. The van der Waals surface area contributed by atoms with E-state index in [0.29, 0.717) is 0 Å². The number of hydrogen-bond donors (Lipinski definition) is 1. The van der Waals surface area contributed by atoms with Crippen molar-refractivity contribution in [3.63, 3.8) is 0 Å². The van der Waals surface area contributed by atoms with E-state index in [-0.39, 0.29) is 19.1 Å². The van der Waals surface area contributed by atoms with Crippen LogP contribution in [0.2, 0.25) is 0 Å². The van der Waals surface area contributed by atoms with Gasteiger partial charge in [0.25, 0.3) is 0 Å². The zero-order chi connectivity index (χ0) is 10.6. The van der Waals surface area contributed by atoms with Gasteiger partial charge in [0.05, 0.1) is 6.10 Å². The molecule has 0 heterocycles. The molecule has 1 unspecified atom stereocenters. The number of rotatable bonds is 4. The molecule has 0 radical (unpaired) electrons. The molecule has 0 spiro atoms. The number of alkyl halides is 3. The maximum Gasteiger partial charge on any atom is 0.414 e. The quantitative estimate of drug-likeness (QED) is 0.773. The van der Waals surface area contributed by atoms with Gasteiger partial charge in [0.1, 0.15) is 0 Å². The van der Waals surface area contributed by atoms with Crippen molar-refractivity contribution < 1.29 is 17.9 Å². The van der Waals surface area contributed by atoms with Crippen LogP contribution >= 0.6 is 0 Å². The minimum absolute atomic E-state index is 0.0108. The van der Waals surface area contributed by atoms with Crippen LogP contribution in [0.1, 0.15) is 32.1 Å². The Morgan fingerprint density at radius 2 is 1.86 bits per heavy atom. The van der Waals surface area contributed by atoms with Gasteiger partial charge in [0.2, 0.25) is 0 Å². The summed E-state index contributed by atoms with van der Waals surface area (Å²) in [5, 5.41) is 0. The molecule has 14 heavy (non-hydrogen) atoms. The summed E-state index contributed by atoms with van der Waals surface area (Å²) in [6.07, 6.45) is -2.87. The topological polar surface area (TPSA) is 35.2 Å². The smallest absolute Gasteiger partial charge is 0.366 e. The lowest BCUT2D eigenvalue weighted by atomic mass is 10.2.